The molecule has 0 fully saturated rings. The smallest absolute Gasteiger partial charge is 0.315 e. The lowest BCUT2D eigenvalue weighted by atomic mass is 9.67. The van der Waals surface area contributed by atoms with Gasteiger partial charge in [-0.2, -0.15) is 0 Å². The summed E-state index contributed by atoms with van der Waals surface area (Å²) >= 11 is 3.63. The van der Waals surface area contributed by atoms with Gasteiger partial charge in [0.05, 0.1) is 6.10 Å². The van der Waals surface area contributed by atoms with E-state index >= 15 is 0 Å². The zero-order valence-corrected chi connectivity index (χ0v) is 18.8. The Hall–Kier alpha value is -1.75. The van der Waals surface area contributed by atoms with E-state index in [4.69, 9.17) is 9.73 Å². The minimum atomic E-state index is -0.586. The average molecular weight is 446 g/mol. The normalized spacial score (nSPS) is 25.1. The molecule has 0 saturated carbocycles. The van der Waals surface area contributed by atoms with Crippen molar-refractivity contribution in [2.45, 2.75) is 65.9 Å². The molecule has 1 aliphatic heterocycles. The third kappa shape index (κ3) is 4.00. The zero-order valence-electron chi connectivity index (χ0n) is 17.2. The summed E-state index contributed by atoms with van der Waals surface area (Å²) in [5.74, 6) is -1.18. The van der Waals surface area contributed by atoms with E-state index in [2.05, 4.69) is 29.8 Å². The second-order valence-electron chi connectivity index (χ2n) is 8.69. The number of halogens is 1. The molecule has 1 aliphatic carbocycles. The summed E-state index contributed by atoms with van der Waals surface area (Å²) in [7, 11) is 0. The van der Waals surface area contributed by atoms with Crippen molar-refractivity contribution in [1.29, 1.82) is 0 Å². The van der Waals surface area contributed by atoms with Crippen molar-refractivity contribution in [3.8, 4) is 0 Å². The Bertz CT molecular complexity index is 868. The molecule has 0 radical (unpaired) electrons. The largest absolute Gasteiger partial charge is 0.462 e. The van der Waals surface area contributed by atoms with E-state index in [1.165, 1.54) is 0 Å². The summed E-state index contributed by atoms with van der Waals surface area (Å²) in [6.07, 6.45) is 1.78. The summed E-state index contributed by atoms with van der Waals surface area (Å²) in [5.41, 5.74) is 3.04. The number of aliphatic imine (C=N–C) groups is 1. The molecule has 1 aromatic carbocycles. The number of carbonyl (C=O) groups excluding carboxylic acids is 2. The maximum absolute atomic E-state index is 13.2. The highest BCUT2D eigenvalue weighted by Gasteiger charge is 2.46. The first-order valence-electron chi connectivity index (χ1n) is 9.91. The predicted molar refractivity (Wildman–Crippen MR) is 114 cm³/mol. The maximum atomic E-state index is 13.2. The van der Waals surface area contributed by atoms with Crippen molar-refractivity contribution in [1.82, 2.24) is 0 Å². The Labute approximate surface area is 175 Å². The molecular formula is C23H28BrNO3. The van der Waals surface area contributed by atoms with Gasteiger partial charge in [-0.25, -0.2) is 0 Å². The summed E-state index contributed by atoms with van der Waals surface area (Å²) in [6.45, 7) is 9.94. The van der Waals surface area contributed by atoms with Crippen molar-refractivity contribution in [2.75, 3.05) is 0 Å². The molecule has 4 nitrogen and oxygen atoms in total. The average Bonchev–Trinajstić information content (AvgIpc) is 2.59. The number of hydrogen-bond donors (Lipinski definition) is 0. The maximum Gasteiger partial charge on any atom is 0.315 e. The fourth-order valence-corrected chi connectivity index (χ4v) is 4.70. The van der Waals surface area contributed by atoms with Gasteiger partial charge in [-0.05, 0) is 43.7 Å². The van der Waals surface area contributed by atoms with Crippen LogP contribution in [0.2, 0.25) is 0 Å². The Morgan fingerprint density at radius 2 is 2.00 bits per heavy atom. The zero-order chi connectivity index (χ0) is 20.6. The van der Waals surface area contributed by atoms with Crippen LogP contribution in [0.1, 0.15) is 65.4 Å². The summed E-state index contributed by atoms with van der Waals surface area (Å²) < 4.78 is 6.58. The molecule has 3 atom stereocenters. The van der Waals surface area contributed by atoms with E-state index in [1.807, 2.05) is 45.0 Å². The number of esters is 1. The molecular weight excluding hydrogens is 418 g/mol. The molecule has 150 valence electrons. The van der Waals surface area contributed by atoms with Gasteiger partial charge in [0.1, 0.15) is 5.92 Å². The van der Waals surface area contributed by atoms with E-state index < -0.39 is 5.92 Å². The van der Waals surface area contributed by atoms with E-state index in [-0.39, 0.29) is 29.2 Å². The number of ketones is 1. The second kappa shape index (κ2) is 7.94. The number of nitrogens with zero attached hydrogens (tertiary/aromatic N) is 1. The highest BCUT2D eigenvalue weighted by atomic mass is 79.9. The van der Waals surface area contributed by atoms with Crippen LogP contribution < -0.4 is 0 Å². The Morgan fingerprint density at radius 1 is 1.32 bits per heavy atom. The van der Waals surface area contributed by atoms with Gasteiger partial charge in [0.25, 0.3) is 0 Å². The van der Waals surface area contributed by atoms with E-state index in [9.17, 15) is 9.59 Å². The van der Waals surface area contributed by atoms with Gasteiger partial charge >= 0.3 is 5.97 Å². The Morgan fingerprint density at radius 3 is 2.64 bits per heavy atom. The summed E-state index contributed by atoms with van der Waals surface area (Å²) in [6, 6.07) is 7.81. The van der Waals surface area contributed by atoms with Gasteiger partial charge in [-0.1, -0.05) is 54.9 Å². The molecule has 1 unspecified atom stereocenters. The number of ether oxygens (including phenoxy) is 1. The highest BCUT2D eigenvalue weighted by molar-refractivity contribution is 9.10. The number of benzene rings is 1. The predicted octanol–water partition coefficient (Wildman–Crippen LogP) is 5.61. The first kappa shape index (κ1) is 21.0. The van der Waals surface area contributed by atoms with Crippen LogP contribution in [0.3, 0.4) is 0 Å². The van der Waals surface area contributed by atoms with Crippen LogP contribution >= 0.6 is 15.9 Å². The SMILES string of the molecule is CC[C@H](C)OC(=O)C1C(C)=NC2=C(C(=O)CC(C)(C)C2)[C@@H]1c1ccccc1Br. The molecule has 5 heteroatoms. The van der Waals surface area contributed by atoms with Crippen molar-refractivity contribution in [3.05, 3.63) is 45.6 Å². The third-order valence-corrected chi connectivity index (χ3v) is 6.41. The van der Waals surface area contributed by atoms with Crippen molar-refractivity contribution < 1.29 is 14.3 Å². The van der Waals surface area contributed by atoms with Crippen LogP contribution in [-0.2, 0) is 14.3 Å². The number of Topliss-reactive ketones (excluding diaryl/α,β-unsaturated/α-hetero) is 1. The topological polar surface area (TPSA) is 55.7 Å². The highest BCUT2D eigenvalue weighted by Crippen LogP contribution is 2.49. The lowest BCUT2D eigenvalue weighted by Crippen LogP contribution is -2.40. The molecule has 2 aliphatic rings. The van der Waals surface area contributed by atoms with Gasteiger partial charge in [-0.3, -0.25) is 14.6 Å². The molecule has 28 heavy (non-hydrogen) atoms. The molecule has 0 aromatic heterocycles. The van der Waals surface area contributed by atoms with E-state index in [1.54, 1.807) is 0 Å². The van der Waals surface area contributed by atoms with Crippen molar-refractivity contribution in [3.63, 3.8) is 0 Å². The van der Waals surface area contributed by atoms with Crippen LogP contribution in [0.15, 0.2) is 45.0 Å². The quantitative estimate of drug-likeness (QED) is 0.565. The standard InChI is InChI=1S/C23H28BrNO3/c1-6-13(2)28-22(27)19-14(3)25-17-11-23(4,5)12-18(26)21(17)20(19)15-9-7-8-10-16(15)24/h7-10,13,19-20H,6,11-12H2,1-5H3/t13-,19?,20+/m0/s1. The minimum absolute atomic E-state index is 0.0876. The number of hydrogen-bond acceptors (Lipinski definition) is 4. The Balaban J connectivity index is 2.15. The molecule has 0 saturated heterocycles. The molecule has 3 rings (SSSR count). The van der Waals surface area contributed by atoms with Crippen LogP contribution in [0, 0.1) is 11.3 Å². The van der Waals surface area contributed by atoms with E-state index in [0.717, 1.165) is 34.3 Å². The fourth-order valence-electron chi connectivity index (χ4n) is 4.17. The molecule has 0 N–H and O–H groups in total. The van der Waals surface area contributed by atoms with Crippen LogP contribution in [-0.4, -0.2) is 23.6 Å². The number of allylic oxidation sites excluding steroid dienone is 2. The summed E-state index contributed by atoms with van der Waals surface area (Å²) in [5, 5.41) is 0. The molecule has 0 bridgehead atoms. The van der Waals surface area contributed by atoms with Crippen LogP contribution in [0.25, 0.3) is 0 Å². The molecule has 0 spiro atoms. The molecule has 1 heterocycles. The number of carbonyl (C=O) groups is 2. The van der Waals surface area contributed by atoms with Gasteiger partial charge in [0.15, 0.2) is 5.78 Å². The fraction of sp³-hybridized carbons (Fsp3) is 0.522. The van der Waals surface area contributed by atoms with Gasteiger partial charge in [-0.15, -0.1) is 0 Å². The van der Waals surface area contributed by atoms with Crippen LogP contribution in [0.5, 0.6) is 0 Å². The third-order valence-electron chi connectivity index (χ3n) is 5.69. The van der Waals surface area contributed by atoms with Crippen molar-refractivity contribution in [2.24, 2.45) is 16.3 Å². The van der Waals surface area contributed by atoms with Gasteiger partial charge < -0.3 is 4.74 Å². The first-order chi connectivity index (χ1) is 13.1. The van der Waals surface area contributed by atoms with Crippen molar-refractivity contribution >= 4 is 33.4 Å². The van der Waals surface area contributed by atoms with Gasteiger partial charge in [0.2, 0.25) is 0 Å². The van der Waals surface area contributed by atoms with Gasteiger partial charge in [0, 0.05) is 33.8 Å². The number of rotatable bonds is 4. The lowest BCUT2D eigenvalue weighted by molar-refractivity contribution is -0.151. The Kier molecular flexibility index (Phi) is 5.95. The first-order valence-corrected chi connectivity index (χ1v) is 10.7. The monoisotopic (exact) mass is 445 g/mol. The minimum Gasteiger partial charge on any atom is -0.462 e. The molecule has 1 aromatic rings. The second-order valence-corrected chi connectivity index (χ2v) is 9.54. The molecule has 0 amide bonds. The summed E-state index contributed by atoms with van der Waals surface area (Å²) in [4.78, 5) is 31.1. The van der Waals surface area contributed by atoms with E-state index in [0.29, 0.717) is 12.0 Å². The lowest BCUT2D eigenvalue weighted by Gasteiger charge is -2.39. The van der Waals surface area contributed by atoms with Crippen LogP contribution in [0.4, 0.5) is 0 Å².